The van der Waals surface area contributed by atoms with Crippen molar-refractivity contribution in [1.82, 2.24) is 10.2 Å². The molecule has 0 heterocycles. The Hall–Kier alpha value is -2.82. The van der Waals surface area contributed by atoms with Crippen molar-refractivity contribution in [3.05, 3.63) is 65.7 Å². The van der Waals surface area contributed by atoms with Crippen LogP contribution in [0.25, 0.3) is 0 Å². The van der Waals surface area contributed by atoms with Crippen LogP contribution in [0.5, 0.6) is 5.75 Å². The molecule has 172 valence electrons. The number of rotatable bonds is 10. The number of aryl methyl sites for hydroxylation is 1. The molecule has 3 rings (SSSR count). The summed E-state index contributed by atoms with van der Waals surface area (Å²) in [4.78, 5) is 28.1. The average Bonchev–Trinajstić information content (AvgIpc) is 2.81. The fraction of sp³-hybridized carbons (Fsp3) is 0.481. The molecule has 32 heavy (non-hydrogen) atoms. The third kappa shape index (κ3) is 7.11. The van der Waals surface area contributed by atoms with Crippen molar-refractivity contribution in [3.63, 3.8) is 0 Å². The highest BCUT2D eigenvalue weighted by Gasteiger charge is 2.30. The van der Waals surface area contributed by atoms with E-state index in [0.29, 0.717) is 25.1 Å². The number of nitrogens with one attached hydrogen (secondary N) is 1. The smallest absolute Gasteiger partial charge is 0.261 e. The minimum atomic E-state index is -0.491. The summed E-state index contributed by atoms with van der Waals surface area (Å²) in [5.41, 5.74) is 2.22. The maximum absolute atomic E-state index is 13.2. The van der Waals surface area contributed by atoms with Crippen LogP contribution in [-0.2, 0) is 16.0 Å². The van der Waals surface area contributed by atoms with Gasteiger partial charge in [0.25, 0.3) is 5.91 Å². The van der Waals surface area contributed by atoms with Crippen LogP contribution in [0.15, 0.2) is 54.6 Å². The van der Waals surface area contributed by atoms with Crippen molar-refractivity contribution in [1.29, 1.82) is 0 Å². The number of nitrogens with zero attached hydrogens (tertiary/aromatic N) is 1. The second-order valence-electron chi connectivity index (χ2n) is 8.70. The molecule has 0 spiro atoms. The van der Waals surface area contributed by atoms with Crippen molar-refractivity contribution < 1.29 is 14.3 Å². The van der Waals surface area contributed by atoms with E-state index in [1.807, 2.05) is 56.3 Å². The van der Waals surface area contributed by atoms with E-state index in [0.717, 1.165) is 36.8 Å². The van der Waals surface area contributed by atoms with Gasteiger partial charge in [0.05, 0.1) is 0 Å². The third-order valence-electron chi connectivity index (χ3n) is 6.17. The molecule has 5 nitrogen and oxygen atoms in total. The minimum Gasteiger partial charge on any atom is -0.484 e. The lowest BCUT2D eigenvalue weighted by Crippen LogP contribution is -2.53. The maximum atomic E-state index is 13.2. The Kier molecular flexibility index (Phi) is 9.14. The Labute approximate surface area is 192 Å². The number of ether oxygens (including phenoxy) is 1. The first-order valence-corrected chi connectivity index (χ1v) is 11.9. The fourth-order valence-electron chi connectivity index (χ4n) is 4.37. The number of amides is 2. The molecular formula is C27H36N2O3. The zero-order chi connectivity index (χ0) is 22.8. The van der Waals surface area contributed by atoms with Crippen molar-refractivity contribution in [2.24, 2.45) is 0 Å². The van der Waals surface area contributed by atoms with E-state index < -0.39 is 6.04 Å². The lowest BCUT2D eigenvalue weighted by atomic mass is 9.95. The highest BCUT2D eigenvalue weighted by Crippen LogP contribution is 2.19. The van der Waals surface area contributed by atoms with Crippen molar-refractivity contribution in [3.8, 4) is 5.75 Å². The molecule has 0 saturated heterocycles. The van der Waals surface area contributed by atoms with Gasteiger partial charge in [0.2, 0.25) is 5.91 Å². The van der Waals surface area contributed by atoms with Crippen LogP contribution in [0.2, 0.25) is 0 Å². The summed E-state index contributed by atoms with van der Waals surface area (Å²) in [5.74, 6) is 0.463. The van der Waals surface area contributed by atoms with Crippen LogP contribution >= 0.6 is 0 Å². The van der Waals surface area contributed by atoms with E-state index in [2.05, 4.69) is 17.4 Å². The molecule has 0 unspecified atom stereocenters. The molecule has 2 amide bonds. The molecule has 2 aromatic carbocycles. The van der Waals surface area contributed by atoms with Crippen LogP contribution < -0.4 is 10.1 Å². The topological polar surface area (TPSA) is 58.6 Å². The normalized spacial score (nSPS) is 15.1. The molecule has 1 N–H and O–H groups in total. The minimum absolute atomic E-state index is 0.0450. The van der Waals surface area contributed by atoms with E-state index in [9.17, 15) is 9.59 Å². The molecule has 1 atom stereocenters. The van der Waals surface area contributed by atoms with Gasteiger partial charge >= 0.3 is 0 Å². The molecule has 0 bridgehead atoms. The standard InChI is InChI=1S/C27H36N2O3/c1-3-25(27(31)28-23-14-8-5-9-15-23)29(18-17-22-12-6-4-7-13-22)26(30)20-32-24-16-10-11-21(2)19-24/h4,6-7,10-13,16,19,23,25H,3,5,8-9,14-15,17-18,20H2,1-2H3,(H,28,31)/t25-/m0/s1. The zero-order valence-electron chi connectivity index (χ0n) is 19.4. The number of hydrogen-bond donors (Lipinski definition) is 1. The van der Waals surface area contributed by atoms with Gasteiger partial charge < -0.3 is 15.0 Å². The van der Waals surface area contributed by atoms with Gasteiger partial charge in [0.15, 0.2) is 6.61 Å². The first kappa shape index (κ1) is 23.8. The van der Waals surface area contributed by atoms with Crippen molar-refractivity contribution in [2.75, 3.05) is 13.2 Å². The van der Waals surface area contributed by atoms with E-state index in [-0.39, 0.29) is 24.5 Å². The summed E-state index contributed by atoms with van der Waals surface area (Å²) in [6.07, 6.45) is 6.87. The second kappa shape index (κ2) is 12.3. The molecule has 0 radical (unpaired) electrons. The number of benzene rings is 2. The SMILES string of the molecule is CC[C@@H](C(=O)NC1CCCCC1)N(CCc1ccccc1)C(=O)COc1cccc(C)c1. The van der Waals surface area contributed by atoms with Crippen LogP contribution in [0.3, 0.4) is 0 Å². The van der Waals surface area contributed by atoms with E-state index in [4.69, 9.17) is 4.74 Å². The third-order valence-corrected chi connectivity index (χ3v) is 6.17. The van der Waals surface area contributed by atoms with Crippen LogP contribution in [0.1, 0.15) is 56.6 Å². The Morgan fingerprint density at radius 3 is 2.50 bits per heavy atom. The Morgan fingerprint density at radius 2 is 1.81 bits per heavy atom. The largest absolute Gasteiger partial charge is 0.484 e. The Balaban J connectivity index is 1.69. The van der Waals surface area contributed by atoms with E-state index in [1.165, 1.54) is 6.42 Å². The van der Waals surface area contributed by atoms with Crippen molar-refractivity contribution >= 4 is 11.8 Å². The summed E-state index contributed by atoms with van der Waals surface area (Å²) >= 11 is 0. The number of carbonyl (C=O) groups excluding carboxylic acids is 2. The maximum Gasteiger partial charge on any atom is 0.261 e. The number of carbonyl (C=O) groups is 2. The fourth-order valence-corrected chi connectivity index (χ4v) is 4.37. The molecule has 0 aliphatic heterocycles. The second-order valence-corrected chi connectivity index (χ2v) is 8.70. The van der Waals surface area contributed by atoms with Crippen molar-refractivity contribution in [2.45, 2.75) is 70.9 Å². The summed E-state index contributed by atoms with van der Waals surface area (Å²) in [7, 11) is 0. The molecule has 5 heteroatoms. The lowest BCUT2D eigenvalue weighted by molar-refractivity contribution is -0.142. The molecule has 1 fully saturated rings. The zero-order valence-corrected chi connectivity index (χ0v) is 19.4. The Morgan fingerprint density at radius 1 is 1.06 bits per heavy atom. The number of hydrogen-bond acceptors (Lipinski definition) is 3. The first-order valence-electron chi connectivity index (χ1n) is 11.9. The molecule has 1 saturated carbocycles. The summed E-state index contributed by atoms with van der Waals surface area (Å²) < 4.78 is 5.78. The van der Waals surface area contributed by atoms with Gasteiger partial charge in [-0.3, -0.25) is 9.59 Å². The molecule has 0 aromatic heterocycles. The average molecular weight is 437 g/mol. The van der Waals surface area contributed by atoms with Gasteiger partial charge in [0.1, 0.15) is 11.8 Å². The van der Waals surface area contributed by atoms with E-state index >= 15 is 0 Å². The van der Waals surface area contributed by atoms with Gasteiger partial charge in [-0.25, -0.2) is 0 Å². The quantitative estimate of drug-likeness (QED) is 0.589. The molecule has 2 aromatic rings. The summed E-state index contributed by atoms with van der Waals surface area (Å²) in [5, 5.41) is 3.21. The highest BCUT2D eigenvalue weighted by atomic mass is 16.5. The van der Waals surface area contributed by atoms with Crippen LogP contribution in [0.4, 0.5) is 0 Å². The highest BCUT2D eigenvalue weighted by molar-refractivity contribution is 5.88. The van der Waals surface area contributed by atoms with Gasteiger partial charge in [-0.05, 0) is 55.9 Å². The Bertz CT molecular complexity index is 862. The molecular weight excluding hydrogens is 400 g/mol. The summed E-state index contributed by atoms with van der Waals surface area (Å²) in [6, 6.07) is 17.5. The van der Waals surface area contributed by atoms with Gasteiger partial charge in [0, 0.05) is 12.6 Å². The van der Waals surface area contributed by atoms with Crippen LogP contribution in [-0.4, -0.2) is 41.9 Å². The predicted molar refractivity (Wildman–Crippen MR) is 128 cm³/mol. The summed E-state index contributed by atoms with van der Waals surface area (Å²) in [6.45, 7) is 4.36. The van der Waals surface area contributed by atoms with Gasteiger partial charge in [-0.15, -0.1) is 0 Å². The van der Waals surface area contributed by atoms with Gasteiger partial charge in [-0.2, -0.15) is 0 Å². The van der Waals surface area contributed by atoms with Crippen LogP contribution in [0, 0.1) is 6.92 Å². The predicted octanol–water partition coefficient (Wildman–Crippen LogP) is 4.67. The monoisotopic (exact) mass is 436 g/mol. The van der Waals surface area contributed by atoms with Gasteiger partial charge in [-0.1, -0.05) is 68.7 Å². The first-order chi connectivity index (χ1) is 15.6. The molecule has 1 aliphatic carbocycles. The lowest BCUT2D eigenvalue weighted by Gasteiger charge is -2.32. The molecule has 1 aliphatic rings. The van der Waals surface area contributed by atoms with E-state index in [1.54, 1.807) is 4.90 Å².